The molecule has 0 spiro atoms. The lowest BCUT2D eigenvalue weighted by Gasteiger charge is -2.38. The van der Waals surface area contributed by atoms with Gasteiger partial charge in [0.1, 0.15) is 9.98 Å². The van der Waals surface area contributed by atoms with Crippen LogP contribution in [-0.2, 0) is 4.29 Å². The second-order valence-electron chi connectivity index (χ2n) is 11.2. The van der Waals surface area contributed by atoms with Crippen LogP contribution in [0.5, 0.6) is 0 Å². The highest BCUT2D eigenvalue weighted by atomic mass is 35.7. The van der Waals surface area contributed by atoms with E-state index in [4.69, 9.17) is 14.5 Å². The molecule has 0 amide bonds. The fourth-order valence-corrected chi connectivity index (χ4v) is 5.69. The molecule has 0 aromatic carbocycles. The molecule has 1 aliphatic rings. The molecule has 1 atom stereocenters. The van der Waals surface area contributed by atoms with Gasteiger partial charge in [0, 0.05) is 66.5 Å². The Morgan fingerprint density at radius 2 is 1.11 bits per heavy atom. The molecular formula is C24H46ClN8O4+. The van der Waals surface area contributed by atoms with E-state index >= 15 is 0 Å². The molecule has 0 radical (unpaired) electrons. The Labute approximate surface area is 224 Å². The van der Waals surface area contributed by atoms with Gasteiger partial charge in [-0.2, -0.15) is 14.0 Å². The van der Waals surface area contributed by atoms with E-state index in [-0.39, 0.29) is 24.2 Å². The molecule has 1 unspecified atom stereocenters. The molecule has 0 aliphatic heterocycles. The van der Waals surface area contributed by atoms with E-state index in [1.165, 1.54) is 4.80 Å². The van der Waals surface area contributed by atoms with E-state index in [1.807, 2.05) is 117 Å². The average molecular weight is 546 g/mol. The van der Waals surface area contributed by atoms with Crippen LogP contribution in [0.25, 0.3) is 5.70 Å². The summed E-state index contributed by atoms with van der Waals surface area (Å²) in [7, 11) is 6.57. The first-order valence-corrected chi connectivity index (χ1v) is 13.8. The molecule has 1 heterocycles. The Bertz CT molecular complexity index is 946. The maximum absolute atomic E-state index is 12.3. The molecule has 0 fully saturated rings. The highest BCUT2D eigenvalue weighted by Crippen LogP contribution is 2.55. The van der Waals surface area contributed by atoms with Crippen molar-refractivity contribution in [3.63, 3.8) is 0 Å². The normalized spacial score (nSPS) is 18.1. The molecule has 1 aromatic heterocycles. The summed E-state index contributed by atoms with van der Waals surface area (Å²) in [5.74, 6) is 1.25. The van der Waals surface area contributed by atoms with Gasteiger partial charge in [-0.3, -0.25) is 0 Å². The van der Waals surface area contributed by atoms with Crippen molar-refractivity contribution in [2.24, 2.45) is 0 Å². The van der Waals surface area contributed by atoms with Gasteiger partial charge in [0.25, 0.3) is 0 Å². The zero-order valence-electron chi connectivity index (χ0n) is 24.9. The summed E-state index contributed by atoms with van der Waals surface area (Å²) in [4.78, 5) is 11.1. The summed E-state index contributed by atoms with van der Waals surface area (Å²) in [5, 5.41) is 9.70. The lowest BCUT2D eigenvalue weighted by molar-refractivity contribution is -1.92. The molecule has 12 nitrogen and oxygen atoms in total. The molecule has 0 saturated carbocycles. The number of anilines is 3. The first kappa shape index (κ1) is 31.3. The summed E-state index contributed by atoms with van der Waals surface area (Å²) < 4.78 is 42.3. The Kier molecular flexibility index (Phi) is 9.32. The number of hydrogen-bond acceptors (Lipinski definition) is 11. The van der Waals surface area contributed by atoms with E-state index in [1.54, 1.807) is 0 Å². The molecule has 0 N–H and O–H groups in total. The van der Waals surface area contributed by atoms with Gasteiger partial charge in [0.2, 0.25) is 11.6 Å². The zero-order chi connectivity index (χ0) is 28.8. The van der Waals surface area contributed by atoms with Crippen LogP contribution >= 0.6 is 0 Å². The quantitative estimate of drug-likeness (QED) is 0.237. The van der Waals surface area contributed by atoms with E-state index < -0.39 is 16.0 Å². The molecule has 13 heteroatoms. The van der Waals surface area contributed by atoms with Gasteiger partial charge in [0.05, 0.1) is 25.2 Å². The molecule has 212 valence electrons. The number of nitrogens with zero attached hydrogens (tertiary/aromatic N) is 8. The fraction of sp³-hybridized carbons (Fsp3) is 0.792. The summed E-state index contributed by atoms with van der Waals surface area (Å²) in [5.41, 5.74) is 0.0880. The maximum atomic E-state index is 12.3. The van der Waals surface area contributed by atoms with Crippen LogP contribution < -0.4 is 33.5 Å². The lowest BCUT2D eigenvalue weighted by atomic mass is 10.1. The van der Waals surface area contributed by atoms with Gasteiger partial charge in [0.15, 0.2) is 5.70 Å². The van der Waals surface area contributed by atoms with E-state index in [0.29, 0.717) is 23.0 Å². The van der Waals surface area contributed by atoms with Gasteiger partial charge in [-0.05, 0) is 55.4 Å². The van der Waals surface area contributed by atoms with Gasteiger partial charge in [-0.15, -0.1) is 0 Å². The third-order valence-corrected chi connectivity index (χ3v) is 6.57. The summed E-state index contributed by atoms with van der Waals surface area (Å²) >= 11 is 0. The maximum Gasteiger partial charge on any atom is 0.416 e. The lowest BCUT2D eigenvalue weighted by Crippen LogP contribution is -2.68. The van der Waals surface area contributed by atoms with Crippen molar-refractivity contribution in [3.8, 4) is 0 Å². The molecular weight excluding hydrogens is 500 g/mol. The summed E-state index contributed by atoms with van der Waals surface area (Å²) in [6.07, 6.45) is 0. The average Bonchev–Trinajstić information content (AvgIpc) is 3.29. The van der Waals surface area contributed by atoms with Crippen molar-refractivity contribution in [2.45, 2.75) is 85.3 Å². The van der Waals surface area contributed by atoms with Crippen LogP contribution in [0.15, 0.2) is 5.70 Å². The highest BCUT2D eigenvalue weighted by molar-refractivity contribution is 5.79. The van der Waals surface area contributed by atoms with E-state index in [9.17, 15) is 14.0 Å². The molecule has 2 rings (SSSR count). The fourth-order valence-electron chi connectivity index (χ4n) is 5.19. The highest BCUT2D eigenvalue weighted by Gasteiger charge is 2.82. The van der Waals surface area contributed by atoms with Crippen LogP contribution in [0.2, 0.25) is 0 Å². The third-order valence-electron chi connectivity index (χ3n) is 6.15. The minimum atomic E-state index is -4.80. The molecule has 1 aliphatic carbocycles. The first-order chi connectivity index (χ1) is 16.8. The zero-order valence-corrected chi connectivity index (χ0v) is 25.7. The number of rotatable bonds is 12. The smallest absolute Gasteiger partial charge is 0.371 e. The monoisotopic (exact) mass is 545 g/mol. The Balaban J connectivity index is 3.05. The van der Waals surface area contributed by atoms with Crippen molar-refractivity contribution >= 4 is 23.0 Å². The minimum Gasteiger partial charge on any atom is -0.371 e. The second kappa shape index (κ2) is 11.0. The number of aromatic nitrogens is 3. The van der Waals surface area contributed by atoms with Crippen LogP contribution in [0.1, 0.15) is 55.4 Å². The van der Waals surface area contributed by atoms with Crippen LogP contribution in [0, 0.1) is 10.2 Å². The minimum absolute atomic E-state index is 0.0223. The Morgan fingerprint density at radius 3 is 1.38 bits per heavy atom. The second-order valence-corrected chi connectivity index (χ2v) is 12.1. The van der Waals surface area contributed by atoms with Crippen molar-refractivity contribution < 1.29 is 33.3 Å². The SMILES string of the molecule is CC(C)N(C1=C([n+]2nc(N(C)C)c(N(C)C)c(N(C)C)n2)C1(O[Cl+3]([O-])([O-])[O-])N(C(C)C)C(C)C)C(C)C. The predicted octanol–water partition coefficient (Wildman–Crippen LogP) is -1.01. The largest absolute Gasteiger partial charge is 0.416 e. The molecule has 0 saturated heterocycles. The van der Waals surface area contributed by atoms with Crippen molar-refractivity contribution in [2.75, 3.05) is 57.0 Å². The standard InChI is InChI=1S/C24H46ClN8O4/c1-15(2)31(16(3)4)20-21(24(20,37-25(34,35)36)32(17(5)6)18(7)8)33-26-22(29(11)12)19(28(9)10)23(27-33)30(13)14/h15-18H,1-14H3/q+1. The van der Waals surface area contributed by atoms with Crippen molar-refractivity contribution in [1.82, 2.24) is 20.0 Å². The van der Waals surface area contributed by atoms with Gasteiger partial charge >= 0.3 is 11.4 Å². The van der Waals surface area contributed by atoms with E-state index in [2.05, 4.69) is 4.90 Å². The van der Waals surface area contributed by atoms with E-state index in [0.717, 1.165) is 5.69 Å². The third kappa shape index (κ3) is 6.04. The summed E-state index contributed by atoms with van der Waals surface area (Å²) in [6.45, 7) is 15.8. The molecule has 0 bridgehead atoms. The van der Waals surface area contributed by atoms with Crippen LogP contribution in [-0.4, -0.2) is 92.2 Å². The Hall–Kier alpha value is -1.96. The van der Waals surface area contributed by atoms with Crippen LogP contribution in [0.4, 0.5) is 17.3 Å². The predicted molar refractivity (Wildman–Crippen MR) is 136 cm³/mol. The number of hydrogen-bond donors (Lipinski definition) is 0. The molecule has 37 heavy (non-hydrogen) atoms. The van der Waals surface area contributed by atoms with Gasteiger partial charge in [-0.1, -0.05) is 0 Å². The van der Waals surface area contributed by atoms with Crippen molar-refractivity contribution in [1.29, 1.82) is 0 Å². The number of halogens is 1. The van der Waals surface area contributed by atoms with Crippen LogP contribution in [0.3, 0.4) is 0 Å². The molecule has 1 aromatic rings. The van der Waals surface area contributed by atoms with Gasteiger partial charge in [-0.25, -0.2) is 4.90 Å². The topological polar surface area (TPSA) is 124 Å². The van der Waals surface area contributed by atoms with Crippen molar-refractivity contribution in [3.05, 3.63) is 5.70 Å². The van der Waals surface area contributed by atoms with Gasteiger partial charge < -0.3 is 19.6 Å². The first-order valence-electron chi connectivity index (χ1n) is 12.6. The Morgan fingerprint density at radius 1 is 0.703 bits per heavy atom. The summed E-state index contributed by atoms with van der Waals surface area (Å²) in [6, 6.07) is -0.389.